The Labute approximate surface area is 149 Å². The molecule has 2 atom stereocenters. The average Bonchev–Trinajstić information content (AvgIpc) is 2.63. The van der Waals surface area contributed by atoms with E-state index in [0.29, 0.717) is 0 Å². The smallest absolute Gasteiger partial charge is 0.227 e. The van der Waals surface area contributed by atoms with Crippen LogP contribution in [0.2, 0.25) is 0 Å². The van der Waals surface area contributed by atoms with Gasteiger partial charge in [0.1, 0.15) is 5.75 Å². The monoisotopic (exact) mass is 338 g/mol. The molecule has 0 heterocycles. The second kappa shape index (κ2) is 8.17. The van der Waals surface area contributed by atoms with Crippen LogP contribution in [0.5, 0.6) is 5.75 Å². The van der Waals surface area contributed by atoms with Gasteiger partial charge in [-0.3, -0.25) is 4.79 Å². The summed E-state index contributed by atoms with van der Waals surface area (Å²) in [7, 11) is 1.67. The number of nitrogens with two attached hydrogens (primary N) is 1. The molecular weight excluding hydrogens is 312 g/mol. The third-order valence-electron chi connectivity index (χ3n) is 4.87. The SMILES string of the molecule is COc1ccc(NC(=O)C2CCCC(N)C2)cc1Cc1ccccc1. The van der Waals surface area contributed by atoms with Crippen molar-refractivity contribution in [1.29, 1.82) is 0 Å². The van der Waals surface area contributed by atoms with E-state index in [4.69, 9.17) is 10.5 Å². The van der Waals surface area contributed by atoms with E-state index in [1.807, 2.05) is 36.4 Å². The first kappa shape index (κ1) is 17.5. The summed E-state index contributed by atoms with van der Waals surface area (Å²) in [4.78, 5) is 12.5. The van der Waals surface area contributed by atoms with Crippen molar-refractivity contribution in [3.63, 3.8) is 0 Å². The standard InChI is InChI=1S/C21H26N2O2/c1-25-20-11-10-19(14-17(20)12-15-6-3-2-4-7-15)23-21(24)16-8-5-9-18(22)13-16/h2-4,6-7,10-11,14,16,18H,5,8-9,12-13,22H2,1H3,(H,23,24). The van der Waals surface area contributed by atoms with Gasteiger partial charge in [0, 0.05) is 29.6 Å². The van der Waals surface area contributed by atoms with E-state index in [1.165, 1.54) is 5.56 Å². The van der Waals surface area contributed by atoms with E-state index < -0.39 is 0 Å². The number of methoxy groups -OCH3 is 1. The summed E-state index contributed by atoms with van der Waals surface area (Å²) < 4.78 is 5.48. The molecule has 4 nitrogen and oxygen atoms in total. The molecule has 1 aliphatic rings. The highest BCUT2D eigenvalue weighted by molar-refractivity contribution is 5.92. The summed E-state index contributed by atoms with van der Waals surface area (Å²) in [6.45, 7) is 0. The fraction of sp³-hybridized carbons (Fsp3) is 0.381. The zero-order valence-corrected chi connectivity index (χ0v) is 14.7. The zero-order valence-electron chi connectivity index (χ0n) is 14.7. The van der Waals surface area contributed by atoms with E-state index in [1.54, 1.807) is 7.11 Å². The summed E-state index contributed by atoms with van der Waals surface area (Å²) in [6, 6.07) is 16.2. The largest absolute Gasteiger partial charge is 0.496 e. The normalized spacial score (nSPS) is 20.1. The topological polar surface area (TPSA) is 64.3 Å². The third-order valence-corrected chi connectivity index (χ3v) is 4.87. The van der Waals surface area contributed by atoms with Crippen LogP contribution >= 0.6 is 0 Å². The van der Waals surface area contributed by atoms with Crippen molar-refractivity contribution in [3.8, 4) is 5.75 Å². The fourth-order valence-electron chi connectivity index (χ4n) is 3.52. The number of nitrogens with one attached hydrogen (secondary N) is 1. The summed E-state index contributed by atoms with van der Waals surface area (Å²) >= 11 is 0. The van der Waals surface area contributed by atoms with Gasteiger partial charge in [-0.25, -0.2) is 0 Å². The second-order valence-electron chi connectivity index (χ2n) is 6.80. The third kappa shape index (κ3) is 4.60. The minimum Gasteiger partial charge on any atom is -0.496 e. The first-order valence-corrected chi connectivity index (χ1v) is 8.93. The van der Waals surface area contributed by atoms with E-state index >= 15 is 0 Å². The summed E-state index contributed by atoms with van der Waals surface area (Å²) in [6.07, 6.45) is 4.52. The molecule has 2 aromatic carbocycles. The molecule has 0 aliphatic heterocycles. The van der Waals surface area contributed by atoms with Gasteiger partial charge < -0.3 is 15.8 Å². The number of carbonyl (C=O) groups is 1. The molecular formula is C21H26N2O2. The van der Waals surface area contributed by atoms with Gasteiger partial charge in [-0.05, 0) is 43.0 Å². The molecule has 25 heavy (non-hydrogen) atoms. The maximum Gasteiger partial charge on any atom is 0.227 e. The molecule has 2 aromatic rings. The highest BCUT2D eigenvalue weighted by Gasteiger charge is 2.25. The van der Waals surface area contributed by atoms with Crippen LogP contribution in [0.3, 0.4) is 0 Å². The van der Waals surface area contributed by atoms with Crippen LogP contribution in [0.15, 0.2) is 48.5 Å². The first-order valence-electron chi connectivity index (χ1n) is 8.93. The Morgan fingerprint density at radius 1 is 1.20 bits per heavy atom. The molecule has 4 heteroatoms. The molecule has 2 unspecified atom stereocenters. The minimum absolute atomic E-state index is 0.0171. The van der Waals surface area contributed by atoms with Crippen LogP contribution in [0.1, 0.15) is 36.8 Å². The quantitative estimate of drug-likeness (QED) is 0.873. The number of anilines is 1. The Bertz CT molecular complexity index is 715. The van der Waals surface area contributed by atoms with Gasteiger partial charge in [-0.2, -0.15) is 0 Å². The predicted molar refractivity (Wildman–Crippen MR) is 101 cm³/mol. The van der Waals surface area contributed by atoms with Crippen LogP contribution in [-0.2, 0) is 11.2 Å². The fourth-order valence-corrected chi connectivity index (χ4v) is 3.52. The van der Waals surface area contributed by atoms with Gasteiger partial charge >= 0.3 is 0 Å². The lowest BCUT2D eigenvalue weighted by Crippen LogP contribution is -2.34. The van der Waals surface area contributed by atoms with Crippen LogP contribution in [0, 0.1) is 5.92 Å². The molecule has 132 valence electrons. The number of hydrogen-bond donors (Lipinski definition) is 2. The first-order chi connectivity index (χ1) is 12.2. The lowest BCUT2D eigenvalue weighted by atomic mass is 9.85. The van der Waals surface area contributed by atoms with E-state index in [-0.39, 0.29) is 17.9 Å². The second-order valence-corrected chi connectivity index (χ2v) is 6.80. The highest BCUT2D eigenvalue weighted by atomic mass is 16.5. The van der Waals surface area contributed by atoms with Crippen molar-refractivity contribution >= 4 is 11.6 Å². The molecule has 0 bridgehead atoms. The van der Waals surface area contributed by atoms with E-state index in [9.17, 15) is 4.79 Å². The van der Waals surface area contributed by atoms with Crippen molar-refractivity contribution in [2.24, 2.45) is 11.7 Å². The Morgan fingerprint density at radius 3 is 2.72 bits per heavy atom. The van der Waals surface area contributed by atoms with Crippen molar-refractivity contribution < 1.29 is 9.53 Å². The maximum absolute atomic E-state index is 12.5. The van der Waals surface area contributed by atoms with E-state index in [0.717, 1.165) is 49.1 Å². The summed E-state index contributed by atoms with van der Waals surface area (Å²) in [5, 5.41) is 3.06. The van der Waals surface area contributed by atoms with Crippen LogP contribution < -0.4 is 15.8 Å². The average molecular weight is 338 g/mol. The number of rotatable bonds is 5. The summed E-state index contributed by atoms with van der Waals surface area (Å²) in [5.74, 6) is 0.927. The number of ether oxygens (including phenoxy) is 1. The molecule has 1 saturated carbocycles. The van der Waals surface area contributed by atoms with Gasteiger partial charge in [-0.15, -0.1) is 0 Å². The highest BCUT2D eigenvalue weighted by Crippen LogP contribution is 2.28. The van der Waals surface area contributed by atoms with Crippen molar-refractivity contribution in [3.05, 3.63) is 59.7 Å². The molecule has 1 fully saturated rings. The van der Waals surface area contributed by atoms with Gasteiger partial charge in [0.15, 0.2) is 0 Å². The maximum atomic E-state index is 12.5. The summed E-state index contributed by atoms with van der Waals surface area (Å²) in [5.41, 5.74) is 9.10. The van der Waals surface area contributed by atoms with Crippen molar-refractivity contribution in [1.82, 2.24) is 0 Å². The molecule has 3 N–H and O–H groups in total. The van der Waals surface area contributed by atoms with Gasteiger partial charge in [0.05, 0.1) is 7.11 Å². The number of benzene rings is 2. The Balaban J connectivity index is 1.73. The Morgan fingerprint density at radius 2 is 2.00 bits per heavy atom. The Hall–Kier alpha value is -2.33. The number of amides is 1. The molecule has 0 spiro atoms. The van der Waals surface area contributed by atoms with Crippen molar-refractivity contribution in [2.75, 3.05) is 12.4 Å². The molecule has 0 aromatic heterocycles. The number of hydrogen-bond acceptors (Lipinski definition) is 3. The molecule has 1 aliphatic carbocycles. The Kier molecular flexibility index (Phi) is 5.71. The zero-order chi connectivity index (χ0) is 17.6. The molecule has 1 amide bonds. The van der Waals surface area contributed by atoms with Crippen LogP contribution in [-0.4, -0.2) is 19.1 Å². The minimum atomic E-state index is 0.0171. The van der Waals surface area contributed by atoms with E-state index in [2.05, 4.69) is 17.4 Å². The number of carbonyl (C=O) groups excluding carboxylic acids is 1. The van der Waals surface area contributed by atoms with Gasteiger partial charge in [0.25, 0.3) is 0 Å². The lowest BCUT2D eigenvalue weighted by Gasteiger charge is -2.25. The van der Waals surface area contributed by atoms with Crippen LogP contribution in [0.4, 0.5) is 5.69 Å². The van der Waals surface area contributed by atoms with Crippen molar-refractivity contribution in [2.45, 2.75) is 38.1 Å². The lowest BCUT2D eigenvalue weighted by molar-refractivity contribution is -0.120. The van der Waals surface area contributed by atoms with Gasteiger partial charge in [0.2, 0.25) is 5.91 Å². The van der Waals surface area contributed by atoms with Crippen LogP contribution in [0.25, 0.3) is 0 Å². The molecule has 0 radical (unpaired) electrons. The van der Waals surface area contributed by atoms with Gasteiger partial charge in [-0.1, -0.05) is 36.8 Å². The predicted octanol–water partition coefficient (Wildman–Crippen LogP) is 3.74. The molecule has 0 saturated heterocycles. The molecule has 3 rings (SSSR count).